The van der Waals surface area contributed by atoms with Crippen LogP contribution in [0.15, 0.2) is 12.2 Å². The Labute approximate surface area is 77.9 Å². The van der Waals surface area contributed by atoms with Gasteiger partial charge in [-0.2, -0.15) is 0 Å². The van der Waals surface area contributed by atoms with Gasteiger partial charge in [-0.3, -0.25) is 4.79 Å². The molecule has 0 radical (unpaired) electrons. The van der Waals surface area contributed by atoms with E-state index in [4.69, 9.17) is 10.5 Å². The molecule has 1 unspecified atom stereocenters. The number of hydrogen-bond acceptors (Lipinski definition) is 3. The second-order valence-electron chi connectivity index (χ2n) is 3.80. The molecule has 2 aliphatic rings. The highest BCUT2D eigenvalue weighted by molar-refractivity contribution is 5.75. The lowest BCUT2D eigenvalue weighted by Gasteiger charge is -2.22. The van der Waals surface area contributed by atoms with E-state index in [9.17, 15) is 4.79 Å². The molecule has 1 saturated carbocycles. The lowest BCUT2D eigenvalue weighted by Crippen LogP contribution is -2.39. The van der Waals surface area contributed by atoms with Gasteiger partial charge in [-0.25, -0.2) is 0 Å². The fourth-order valence-electron chi connectivity index (χ4n) is 2.43. The lowest BCUT2D eigenvalue weighted by molar-refractivity contribution is -0.149. The summed E-state index contributed by atoms with van der Waals surface area (Å²) >= 11 is 0. The van der Waals surface area contributed by atoms with E-state index in [-0.39, 0.29) is 17.9 Å². The normalized spacial score (nSPS) is 41.1. The van der Waals surface area contributed by atoms with Crippen LogP contribution in [0.25, 0.3) is 0 Å². The van der Waals surface area contributed by atoms with Crippen molar-refractivity contribution in [3.05, 3.63) is 12.2 Å². The molecule has 2 rings (SSSR count). The van der Waals surface area contributed by atoms with Gasteiger partial charge in [0.2, 0.25) is 0 Å². The van der Waals surface area contributed by atoms with Crippen molar-refractivity contribution in [2.75, 3.05) is 6.61 Å². The number of allylic oxidation sites excluding steroid dienone is 1. The largest absolute Gasteiger partial charge is 0.466 e. The van der Waals surface area contributed by atoms with Crippen LogP contribution in [-0.2, 0) is 9.53 Å². The number of esters is 1. The number of ether oxygens (including phenoxy) is 1. The summed E-state index contributed by atoms with van der Waals surface area (Å²) in [6.45, 7) is 2.27. The Bertz CT molecular complexity index is 249. The Morgan fingerprint density at radius 3 is 2.77 bits per heavy atom. The van der Waals surface area contributed by atoms with Crippen LogP contribution in [0.1, 0.15) is 13.3 Å². The van der Waals surface area contributed by atoms with Crippen LogP contribution in [0.5, 0.6) is 0 Å². The molecule has 3 heteroatoms. The van der Waals surface area contributed by atoms with Crippen LogP contribution in [0, 0.1) is 17.8 Å². The van der Waals surface area contributed by atoms with Gasteiger partial charge < -0.3 is 10.5 Å². The van der Waals surface area contributed by atoms with E-state index in [1.165, 1.54) is 0 Å². The molecule has 0 aromatic heterocycles. The predicted octanol–water partition coefficient (Wildman–Crippen LogP) is 0.699. The van der Waals surface area contributed by atoms with Crippen LogP contribution < -0.4 is 5.73 Å². The average molecular weight is 181 g/mol. The first-order chi connectivity index (χ1) is 6.24. The van der Waals surface area contributed by atoms with Gasteiger partial charge in [-0.15, -0.1) is 0 Å². The second kappa shape index (κ2) is 3.14. The van der Waals surface area contributed by atoms with Crippen molar-refractivity contribution in [3.8, 4) is 0 Å². The summed E-state index contributed by atoms with van der Waals surface area (Å²) in [6, 6.07) is -0.0194. The third kappa shape index (κ3) is 1.27. The van der Waals surface area contributed by atoms with E-state index >= 15 is 0 Å². The van der Waals surface area contributed by atoms with E-state index in [0.717, 1.165) is 6.42 Å². The summed E-state index contributed by atoms with van der Waals surface area (Å²) in [5, 5.41) is 0. The summed E-state index contributed by atoms with van der Waals surface area (Å²) in [7, 11) is 0. The molecular formula is C10H15NO2. The summed E-state index contributed by atoms with van der Waals surface area (Å²) < 4.78 is 5.00. The first-order valence-corrected chi connectivity index (χ1v) is 4.84. The Balaban J connectivity index is 2.08. The summed E-state index contributed by atoms with van der Waals surface area (Å²) in [5.41, 5.74) is 5.94. The van der Waals surface area contributed by atoms with Gasteiger partial charge in [0.15, 0.2) is 0 Å². The Morgan fingerprint density at radius 1 is 1.54 bits per heavy atom. The van der Waals surface area contributed by atoms with Gasteiger partial charge >= 0.3 is 5.97 Å². The number of hydrogen-bond donors (Lipinski definition) is 1. The first-order valence-electron chi connectivity index (χ1n) is 4.84. The molecule has 0 aliphatic heterocycles. The van der Waals surface area contributed by atoms with Crippen LogP contribution >= 0.6 is 0 Å². The predicted molar refractivity (Wildman–Crippen MR) is 48.8 cm³/mol. The molecule has 0 aromatic carbocycles. The second-order valence-corrected chi connectivity index (χ2v) is 3.80. The molecule has 0 aromatic rings. The fourth-order valence-corrected chi connectivity index (χ4v) is 2.43. The number of carbonyl (C=O) groups excluding carboxylic acids is 1. The monoisotopic (exact) mass is 181 g/mol. The van der Waals surface area contributed by atoms with Gasteiger partial charge in [0.1, 0.15) is 0 Å². The number of fused-ring (bicyclic) bond motifs is 2. The third-order valence-electron chi connectivity index (χ3n) is 3.08. The van der Waals surface area contributed by atoms with Gasteiger partial charge in [-0.05, 0) is 25.2 Å². The highest BCUT2D eigenvalue weighted by Gasteiger charge is 2.46. The van der Waals surface area contributed by atoms with Crippen LogP contribution in [0.3, 0.4) is 0 Å². The number of nitrogens with two attached hydrogens (primary N) is 1. The molecule has 0 heterocycles. The molecule has 2 N–H and O–H groups in total. The maximum Gasteiger partial charge on any atom is 0.311 e. The Hall–Kier alpha value is -0.830. The van der Waals surface area contributed by atoms with Crippen molar-refractivity contribution in [3.63, 3.8) is 0 Å². The van der Waals surface area contributed by atoms with E-state index in [1.54, 1.807) is 0 Å². The van der Waals surface area contributed by atoms with Crippen LogP contribution in [0.2, 0.25) is 0 Å². The summed E-state index contributed by atoms with van der Waals surface area (Å²) in [5.74, 6) is 0.528. The van der Waals surface area contributed by atoms with E-state index < -0.39 is 0 Å². The standard InChI is InChI=1S/C10H15NO2/c1-2-13-10(12)8-6-3-4-7(5-6)9(8)11/h3-4,6-9H,2,5,11H2,1H3/t6-,7+,8?,9+/m0/s1. The van der Waals surface area contributed by atoms with E-state index in [1.807, 2.05) is 6.92 Å². The molecule has 2 aliphatic carbocycles. The maximum absolute atomic E-state index is 11.5. The molecule has 0 saturated heterocycles. The summed E-state index contributed by atoms with van der Waals surface area (Å²) in [4.78, 5) is 11.5. The fraction of sp³-hybridized carbons (Fsp3) is 0.700. The third-order valence-corrected chi connectivity index (χ3v) is 3.08. The molecular weight excluding hydrogens is 166 g/mol. The lowest BCUT2D eigenvalue weighted by atomic mass is 9.90. The van der Waals surface area contributed by atoms with Crippen molar-refractivity contribution in [2.45, 2.75) is 19.4 Å². The Kier molecular flexibility index (Phi) is 2.12. The average Bonchev–Trinajstić information content (AvgIpc) is 2.63. The minimum absolute atomic E-state index is 0.0194. The van der Waals surface area contributed by atoms with Gasteiger partial charge in [0.05, 0.1) is 12.5 Å². The maximum atomic E-state index is 11.5. The van der Waals surface area contributed by atoms with Gasteiger partial charge in [-0.1, -0.05) is 12.2 Å². The molecule has 3 nitrogen and oxygen atoms in total. The molecule has 0 spiro atoms. The number of carbonyl (C=O) groups is 1. The van der Waals surface area contributed by atoms with Crippen molar-refractivity contribution in [1.29, 1.82) is 0 Å². The van der Waals surface area contributed by atoms with Gasteiger partial charge in [0.25, 0.3) is 0 Å². The SMILES string of the molecule is CCOC(=O)C1[C@H]2C=C[C@H](C2)[C@H]1N. The first kappa shape index (κ1) is 8.75. The highest BCUT2D eigenvalue weighted by Crippen LogP contribution is 2.43. The van der Waals surface area contributed by atoms with E-state index in [0.29, 0.717) is 18.4 Å². The molecule has 2 bridgehead atoms. The topological polar surface area (TPSA) is 52.3 Å². The molecule has 72 valence electrons. The van der Waals surface area contributed by atoms with Crippen LogP contribution in [-0.4, -0.2) is 18.6 Å². The highest BCUT2D eigenvalue weighted by atomic mass is 16.5. The molecule has 0 amide bonds. The smallest absolute Gasteiger partial charge is 0.311 e. The summed E-state index contributed by atoms with van der Waals surface area (Å²) in [6.07, 6.45) is 5.27. The minimum atomic E-state index is -0.119. The number of rotatable bonds is 2. The molecule has 4 atom stereocenters. The quantitative estimate of drug-likeness (QED) is 0.504. The zero-order valence-corrected chi connectivity index (χ0v) is 7.77. The van der Waals surface area contributed by atoms with Crippen molar-refractivity contribution in [2.24, 2.45) is 23.5 Å². The Morgan fingerprint density at radius 2 is 2.23 bits per heavy atom. The zero-order valence-electron chi connectivity index (χ0n) is 7.77. The van der Waals surface area contributed by atoms with Crippen molar-refractivity contribution in [1.82, 2.24) is 0 Å². The molecule has 1 fully saturated rings. The molecule has 13 heavy (non-hydrogen) atoms. The zero-order chi connectivity index (χ0) is 9.42. The minimum Gasteiger partial charge on any atom is -0.466 e. The van der Waals surface area contributed by atoms with Gasteiger partial charge in [0, 0.05) is 6.04 Å². The van der Waals surface area contributed by atoms with E-state index in [2.05, 4.69) is 12.2 Å². The van der Waals surface area contributed by atoms with Crippen LogP contribution in [0.4, 0.5) is 0 Å². The van der Waals surface area contributed by atoms with Crippen molar-refractivity contribution >= 4 is 5.97 Å². The van der Waals surface area contributed by atoms with Crippen molar-refractivity contribution < 1.29 is 9.53 Å².